The van der Waals surface area contributed by atoms with E-state index in [1.807, 2.05) is 30.3 Å². The van der Waals surface area contributed by atoms with Crippen LogP contribution in [0.15, 0.2) is 34.7 Å². The predicted molar refractivity (Wildman–Crippen MR) is 101 cm³/mol. The highest BCUT2D eigenvalue weighted by atomic mass is 32.2. The Kier molecular flexibility index (Phi) is 6.23. The highest BCUT2D eigenvalue weighted by molar-refractivity contribution is 8.01. The molecule has 0 aliphatic rings. The summed E-state index contributed by atoms with van der Waals surface area (Å²) in [5.74, 6) is 1.24. The molecule has 0 saturated heterocycles. The monoisotopic (exact) mass is 392 g/mol. The van der Waals surface area contributed by atoms with Crippen LogP contribution in [0.1, 0.15) is 37.7 Å². The minimum absolute atomic E-state index is 0.0424. The first-order chi connectivity index (χ1) is 12.5. The van der Waals surface area contributed by atoms with E-state index in [0.717, 1.165) is 27.1 Å². The number of ether oxygens (including phenoxy) is 1. The van der Waals surface area contributed by atoms with Crippen molar-refractivity contribution in [1.82, 2.24) is 19.8 Å². The normalized spacial score (nSPS) is 12.6. The lowest BCUT2D eigenvalue weighted by molar-refractivity contribution is -0.432. The second-order valence-corrected chi connectivity index (χ2v) is 8.56. The molecule has 1 aromatic carbocycles. The molecule has 3 rings (SSSR count). The van der Waals surface area contributed by atoms with Gasteiger partial charge in [-0.25, -0.2) is 0 Å². The highest BCUT2D eigenvalue weighted by Crippen LogP contribution is 2.26. The van der Waals surface area contributed by atoms with Gasteiger partial charge in [0.05, 0.1) is 5.75 Å². The molecule has 0 aliphatic heterocycles. The standard InChI is InChI=1S/C17H21N5O2S2/c1-11(2)8-13(18)15-19-20-16-22(15)21-17(26-16)25-10-14(23)24-9-12-6-4-3-5-7-12/h3-7,11,13H,8-10,18H2,1-2H3/p+1/t13-/m0/s1. The van der Waals surface area contributed by atoms with E-state index in [1.54, 1.807) is 4.52 Å². The molecule has 0 amide bonds. The van der Waals surface area contributed by atoms with Crippen LogP contribution in [0.25, 0.3) is 4.96 Å². The van der Waals surface area contributed by atoms with Crippen molar-refractivity contribution in [1.29, 1.82) is 0 Å². The minimum atomic E-state index is -0.264. The number of hydrogen-bond donors (Lipinski definition) is 1. The zero-order valence-electron chi connectivity index (χ0n) is 14.8. The SMILES string of the molecule is CC(C)C[C@H]([NH3+])c1nnc2sc(SCC(=O)OCc3ccccc3)nn12. The van der Waals surface area contributed by atoms with E-state index >= 15 is 0 Å². The van der Waals surface area contributed by atoms with Gasteiger partial charge in [0.25, 0.3) is 0 Å². The number of rotatable bonds is 8. The van der Waals surface area contributed by atoms with Gasteiger partial charge in [0.2, 0.25) is 10.8 Å². The summed E-state index contributed by atoms with van der Waals surface area (Å²) < 4.78 is 7.79. The summed E-state index contributed by atoms with van der Waals surface area (Å²) in [6.45, 7) is 4.59. The van der Waals surface area contributed by atoms with Gasteiger partial charge in [0.15, 0.2) is 4.34 Å². The lowest BCUT2D eigenvalue weighted by Gasteiger charge is -2.07. The maximum Gasteiger partial charge on any atom is 0.316 e. The van der Waals surface area contributed by atoms with E-state index in [9.17, 15) is 4.79 Å². The van der Waals surface area contributed by atoms with Gasteiger partial charge in [-0.3, -0.25) is 4.79 Å². The van der Waals surface area contributed by atoms with Crippen molar-refractivity contribution >= 4 is 34.0 Å². The van der Waals surface area contributed by atoms with E-state index < -0.39 is 0 Å². The Labute approximate surface area is 160 Å². The number of hydrogen-bond acceptors (Lipinski definition) is 7. The first kappa shape index (κ1) is 18.8. The summed E-state index contributed by atoms with van der Waals surface area (Å²) in [4.78, 5) is 12.6. The van der Waals surface area contributed by atoms with Gasteiger partial charge in [-0.05, 0) is 11.5 Å². The number of benzene rings is 1. The van der Waals surface area contributed by atoms with Crippen molar-refractivity contribution < 1.29 is 15.3 Å². The first-order valence-electron chi connectivity index (χ1n) is 8.40. The molecule has 9 heteroatoms. The number of fused-ring (bicyclic) bond motifs is 1. The summed E-state index contributed by atoms with van der Waals surface area (Å²) in [5, 5.41) is 12.9. The van der Waals surface area contributed by atoms with Crippen LogP contribution in [0.4, 0.5) is 0 Å². The molecular weight excluding hydrogens is 370 g/mol. The smallest absolute Gasteiger partial charge is 0.316 e. The highest BCUT2D eigenvalue weighted by Gasteiger charge is 2.21. The fraction of sp³-hybridized carbons (Fsp3) is 0.412. The molecule has 2 heterocycles. The van der Waals surface area contributed by atoms with Gasteiger partial charge < -0.3 is 10.5 Å². The lowest BCUT2D eigenvalue weighted by atomic mass is 10.0. The third-order valence-corrected chi connectivity index (χ3v) is 5.68. The molecule has 0 aliphatic carbocycles. The van der Waals surface area contributed by atoms with Gasteiger partial charge in [-0.1, -0.05) is 67.3 Å². The topological polar surface area (TPSA) is 97.0 Å². The molecule has 138 valence electrons. The van der Waals surface area contributed by atoms with E-state index in [0.29, 0.717) is 5.92 Å². The minimum Gasteiger partial charge on any atom is -0.460 e. The maximum atomic E-state index is 11.9. The van der Waals surface area contributed by atoms with E-state index in [2.05, 4.69) is 34.9 Å². The van der Waals surface area contributed by atoms with Crippen molar-refractivity contribution in [3.05, 3.63) is 41.7 Å². The molecule has 0 unspecified atom stereocenters. The first-order valence-corrected chi connectivity index (χ1v) is 10.2. The Morgan fingerprint density at radius 3 is 2.81 bits per heavy atom. The van der Waals surface area contributed by atoms with Crippen molar-refractivity contribution in [3.8, 4) is 0 Å². The Balaban J connectivity index is 1.56. The number of thioether (sulfide) groups is 1. The lowest BCUT2D eigenvalue weighted by Crippen LogP contribution is -2.54. The van der Waals surface area contributed by atoms with Crippen LogP contribution >= 0.6 is 23.1 Å². The van der Waals surface area contributed by atoms with Crippen LogP contribution in [0.5, 0.6) is 0 Å². The van der Waals surface area contributed by atoms with Gasteiger partial charge in [-0.15, -0.1) is 15.3 Å². The summed E-state index contributed by atoms with van der Waals surface area (Å²) >= 11 is 2.77. The Morgan fingerprint density at radius 1 is 1.31 bits per heavy atom. The van der Waals surface area contributed by atoms with E-state index in [1.165, 1.54) is 23.1 Å². The molecule has 0 saturated carbocycles. The number of aromatic nitrogens is 4. The average molecular weight is 393 g/mol. The molecule has 7 nitrogen and oxygen atoms in total. The summed E-state index contributed by atoms with van der Waals surface area (Å²) in [5.41, 5.74) is 5.14. The fourth-order valence-corrected chi connectivity index (χ4v) is 4.18. The molecule has 2 aromatic heterocycles. The Bertz CT molecular complexity index is 863. The van der Waals surface area contributed by atoms with E-state index in [4.69, 9.17) is 4.74 Å². The van der Waals surface area contributed by atoms with Crippen LogP contribution < -0.4 is 5.73 Å². The second-order valence-electron chi connectivity index (χ2n) is 6.38. The molecular formula is C17H22N5O2S2+. The van der Waals surface area contributed by atoms with Gasteiger partial charge in [-0.2, -0.15) is 4.52 Å². The van der Waals surface area contributed by atoms with Crippen LogP contribution in [-0.4, -0.2) is 31.5 Å². The summed E-state index contributed by atoms with van der Waals surface area (Å²) in [6.07, 6.45) is 0.923. The molecule has 3 aromatic rings. The fourth-order valence-electron chi connectivity index (χ4n) is 2.50. The number of nitrogens with zero attached hydrogens (tertiary/aromatic N) is 4. The van der Waals surface area contributed by atoms with Crippen LogP contribution in [0.2, 0.25) is 0 Å². The number of carbonyl (C=O) groups excluding carboxylic acids is 1. The zero-order chi connectivity index (χ0) is 18.5. The van der Waals surface area contributed by atoms with Crippen molar-refractivity contribution in [2.45, 2.75) is 37.3 Å². The summed E-state index contributed by atoms with van der Waals surface area (Å²) in [6, 6.07) is 9.67. The third-order valence-electron chi connectivity index (χ3n) is 3.67. The van der Waals surface area contributed by atoms with Crippen LogP contribution in [0, 0.1) is 5.92 Å². The molecule has 0 spiro atoms. The maximum absolute atomic E-state index is 11.9. The quantitative estimate of drug-likeness (QED) is 0.467. The molecule has 0 fully saturated rings. The van der Waals surface area contributed by atoms with Crippen molar-refractivity contribution in [2.75, 3.05) is 5.75 Å². The molecule has 0 bridgehead atoms. The average Bonchev–Trinajstić information content (AvgIpc) is 3.18. The second kappa shape index (κ2) is 8.61. The van der Waals surface area contributed by atoms with Crippen LogP contribution in [0.3, 0.4) is 0 Å². The molecule has 0 radical (unpaired) electrons. The van der Waals surface area contributed by atoms with Gasteiger partial charge in [0, 0.05) is 6.42 Å². The number of esters is 1. The Morgan fingerprint density at radius 2 is 2.08 bits per heavy atom. The summed E-state index contributed by atoms with van der Waals surface area (Å²) in [7, 11) is 0. The van der Waals surface area contributed by atoms with Gasteiger partial charge >= 0.3 is 5.97 Å². The third kappa shape index (κ3) is 4.80. The molecule has 1 atom stereocenters. The van der Waals surface area contributed by atoms with E-state index in [-0.39, 0.29) is 24.4 Å². The molecule has 3 N–H and O–H groups in total. The number of quaternary nitrogens is 1. The predicted octanol–water partition coefficient (Wildman–Crippen LogP) is 2.35. The zero-order valence-corrected chi connectivity index (χ0v) is 16.4. The van der Waals surface area contributed by atoms with Crippen LogP contribution in [-0.2, 0) is 16.1 Å². The largest absolute Gasteiger partial charge is 0.460 e. The number of carbonyl (C=O) groups is 1. The van der Waals surface area contributed by atoms with Crippen molar-refractivity contribution in [2.24, 2.45) is 5.92 Å². The Hall–Kier alpha value is -1.97. The van der Waals surface area contributed by atoms with Gasteiger partial charge in [0.1, 0.15) is 12.6 Å². The van der Waals surface area contributed by atoms with Crippen molar-refractivity contribution in [3.63, 3.8) is 0 Å². The molecule has 26 heavy (non-hydrogen) atoms.